The van der Waals surface area contributed by atoms with E-state index in [1.54, 1.807) is 19.2 Å². The van der Waals surface area contributed by atoms with Crippen LogP contribution < -0.4 is 21.3 Å². The van der Waals surface area contributed by atoms with Gasteiger partial charge in [-0.3, -0.25) is 18.7 Å². The van der Waals surface area contributed by atoms with Crippen LogP contribution in [0.5, 0.6) is 0 Å². The molecule has 55 heavy (non-hydrogen) atoms. The Morgan fingerprint density at radius 2 is 1.22 bits per heavy atom. The molecular weight excluding hydrogens is 747 g/mol. The van der Waals surface area contributed by atoms with Crippen LogP contribution in [0, 0.1) is 6.92 Å². The number of benzene rings is 4. The summed E-state index contributed by atoms with van der Waals surface area (Å²) in [5, 5.41) is 5.93. The van der Waals surface area contributed by atoms with Gasteiger partial charge in [0.25, 0.3) is 20.2 Å². The van der Waals surface area contributed by atoms with E-state index in [2.05, 4.69) is 25.6 Å². The molecule has 0 fully saturated rings. The SMILES string of the molecule is CC.CC.CNc1nc(C)nc(N(C)c2ccccc2)n1.CS(=O)(=O)O.Nc1c(S(=O)(=O)O)cc(NCc2ccccc2)c2c1C(=O)c1ccccc1C2=O. The Morgan fingerprint density at radius 3 is 1.71 bits per heavy atom. The third-order valence-corrected chi connectivity index (χ3v) is 8.10. The number of fused-ring (bicyclic) bond motifs is 2. The number of nitrogens with one attached hydrogen (secondary N) is 2. The van der Waals surface area contributed by atoms with Crippen molar-refractivity contribution < 1.29 is 35.5 Å². The summed E-state index contributed by atoms with van der Waals surface area (Å²) in [6.07, 6.45) is 0.715. The minimum Gasteiger partial charge on any atom is -0.397 e. The zero-order chi connectivity index (χ0) is 41.5. The molecule has 0 bridgehead atoms. The van der Waals surface area contributed by atoms with Gasteiger partial charge in [0, 0.05) is 43.1 Å². The molecule has 0 atom stereocenters. The molecule has 0 saturated carbocycles. The van der Waals surface area contributed by atoms with Crippen LogP contribution in [0.2, 0.25) is 0 Å². The molecule has 1 aliphatic rings. The number of aromatic nitrogens is 3. The highest BCUT2D eigenvalue weighted by atomic mass is 32.2. The van der Waals surface area contributed by atoms with Crippen molar-refractivity contribution in [3.05, 3.63) is 125 Å². The first-order valence-corrected chi connectivity index (χ1v) is 20.3. The van der Waals surface area contributed by atoms with Crippen LogP contribution in [0.15, 0.2) is 95.9 Å². The number of anilines is 5. The Hall–Kier alpha value is -5.75. The average Bonchev–Trinajstić information content (AvgIpc) is 3.17. The van der Waals surface area contributed by atoms with Gasteiger partial charge in [-0.1, -0.05) is 100 Å². The number of hydrogen-bond acceptors (Lipinski definition) is 13. The fraction of sp³-hybridized carbons (Fsp3) is 0.237. The van der Waals surface area contributed by atoms with E-state index in [0.717, 1.165) is 17.3 Å². The molecule has 0 unspecified atom stereocenters. The molecule has 0 spiro atoms. The lowest BCUT2D eigenvalue weighted by Gasteiger charge is -2.23. The van der Waals surface area contributed by atoms with E-state index in [-0.39, 0.29) is 34.5 Å². The summed E-state index contributed by atoms with van der Waals surface area (Å²) in [6.45, 7) is 10.1. The van der Waals surface area contributed by atoms with Crippen LogP contribution in [-0.2, 0) is 26.8 Å². The fourth-order valence-corrected chi connectivity index (χ4v) is 5.58. The van der Waals surface area contributed by atoms with Gasteiger partial charge in [-0.25, -0.2) is 0 Å². The van der Waals surface area contributed by atoms with Gasteiger partial charge in [-0.15, -0.1) is 0 Å². The smallest absolute Gasteiger partial charge is 0.296 e. The highest BCUT2D eigenvalue weighted by Gasteiger charge is 2.36. The quantitative estimate of drug-likeness (QED) is 0.0863. The Balaban J connectivity index is 0.000000340. The van der Waals surface area contributed by atoms with E-state index in [1.807, 2.05) is 107 Å². The number of nitrogens with two attached hydrogens (primary N) is 1. The van der Waals surface area contributed by atoms with Crippen LogP contribution >= 0.6 is 0 Å². The first kappa shape index (κ1) is 45.4. The standard InChI is InChI=1S/C21H16N2O5S.C12H15N5.2C2H6.CH4O3S/c22-19-16(29(26,27)28)10-15(23-11-12-6-2-1-3-7-12)17-18(19)21(25)14-9-5-4-8-13(14)20(17)24;1-9-14-11(13-2)16-12(15-9)17(3)10-7-5-4-6-8-10;2*1-2;1-5(2,3)4/h1-10,23H,11,22H2,(H,26,27,28);4-8H,1-3H3,(H,13,14,15,16);2*1-2H3;1H3,(H,2,3,4). The van der Waals surface area contributed by atoms with E-state index in [0.29, 0.717) is 24.0 Å². The van der Waals surface area contributed by atoms with Crippen molar-refractivity contribution in [2.45, 2.75) is 46.1 Å². The highest BCUT2D eigenvalue weighted by Crippen LogP contribution is 2.39. The molecule has 1 heterocycles. The fourth-order valence-electron chi connectivity index (χ4n) is 4.94. The number of aryl methyl sites for hydroxylation is 1. The number of hydrogen-bond donors (Lipinski definition) is 5. The second-order valence-corrected chi connectivity index (χ2v) is 13.8. The molecule has 6 N–H and O–H groups in total. The van der Waals surface area contributed by atoms with Crippen LogP contribution in [0.1, 0.15) is 70.9 Å². The summed E-state index contributed by atoms with van der Waals surface area (Å²) < 4.78 is 59.2. The van der Waals surface area contributed by atoms with Gasteiger partial charge >= 0.3 is 0 Å². The number of nitrogen functional groups attached to an aromatic ring is 1. The second kappa shape index (κ2) is 20.6. The van der Waals surface area contributed by atoms with E-state index in [4.69, 9.17) is 10.3 Å². The van der Waals surface area contributed by atoms with Crippen LogP contribution in [0.3, 0.4) is 0 Å². The molecule has 4 aromatic carbocycles. The van der Waals surface area contributed by atoms with Crippen molar-refractivity contribution in [1.82, 2.24) is 15.0 Å². The predicted octanol–water partition coefficient (Wildman–Crippen LogP) is 6.45. The van der Waals surface area contributed by atoms with Crippen molar-refractivity contribution in [1.29, 1.82) is 0 Å². The summed E-state index contributed by atoms with van der Waals surface area (Å²) in [6, 6.07) is 26.5. The maximum atomic E-state index is 13.1. The molecule has 1 aromatic heterocycles. The van der Waals surface area contributed by atoms with Gasteiger partial charge in [-0.05, 0) is 30.7 Å². The van der Waals surface area contributed by atoms with E-state index in [1.165, 1.54) is 12.1 Å². The number of carbonyl (C=O) groups excluding carboxylic acids is 2. The van der Waals surface area contributed by atoms with Crippen molar-refractivity contribution in [2.24, 2.45) is 0 Å². The molecule has 17 heteroatoms. The minimum absolute atomic E-state index is 0.00506. The summed E-state index contributed by atoms with van der Waals surface area (Å²) in [5.41, 5.74) is 7.64. The van der Waals surface area contributed by atoms with Crippen LogP contribution in [0.25, 0.3) is 0 Å². The number of rotatable bonds is 7. The third-order valence-electron chi connectivity index (χ3n) is 7.21. The second-order valence-electron chi connectivity index (χ2n) is 11.0. The van der Waals surface area contributed by atoms with Gasteiger partial charge in [-0.2, -0.15) is 31.8 Å². The van der Waals surface area contributed by atoms with Gasteiger partial charge < -0.3 is 21.3 Å². The number of carbonyl (C=O) groups is 2. The maximum Gasteiger partial charge on any atom is 0.296 e. The van der Waals surface area contributed by atoms with Gasteiger partial charge in [0.1, 0.15) is 10.7 Å². The molecular formula is C38H47N7O8S2. The number of para-hydroxylation sites is 1. The first-order chi connectivity index (χ1) is 26.0. The van der Waals surface area contributed by atoms with Crippen molar-refractivity contribution in [3.8, 4) is 0 Å². The third kappa shape index (κ3) is 12.7. The Bertz CT molecular complexity index is 2280. The number of nitrogens with zero attached hydrogens (tertiary/aromatic N) is 4. The maximum absolute atomic E-state index is 13.1. The van der Waals surface area contributed by atoms with E-state index in [9.17, 15) is 31.0 Å². The van der Waals surface area contributed by atoms with Gasteiger partial charge in [0.15, 0.2) is 11.6 Å². The molecule has 5 aromatic rings. The summed E-state index contributed by atoms with van der Waals surface area (Å²) in [5.74, 6) is 0.894. The normalized spacial score (nSPS) is 11.2. The molecule has 0 saturated heterocycles. The summed E-state index contributed by atoms with van der Waals surface area (Å²) >= 11 is 0. The molecule has 1 aliphatic carbocycles. The van der Waals surface area contributed by atoms with E-state index < -0.39 is 42.4 Å². The van der Waals surface area contributed by atoms with Gasteiger partial charge in [0.05, 0.1) is 23.1 Å². The summed E-state index contributed by atoms with van der Waals surface area (Å²) in [7, 11) is -4.66. The zero-order valence-corrected chi connectivity index (χ0v) is 33.5. The number of ketones is 2. The van der Waals surface area contributed by atoms with Crippen molar-refractivity contribution in [2.75, 3.05) is 41.6 Å². The van der Waals surface area contributed by atoms with Crippen LogP contribution in [-0.4, -0.2) is 72.8 Å². The Morgan fingerprint density at radius 1 is 0.745 bits per heavy atom. The molecule has 0 amide bonds. The zero-order valence-electron chi connectivity index (χ0n) is 31.9. The van der Waals surface area contributed by atoms with Crippen molar-refractivity contribution in [3.63, 3.8) is 0 Å². The first-order valence-electron chi connectivity index (χ1n) is 17.0. The minimum atomic E-state index is -4.72. The monoisotopic (exact) mass is 793 g/mol. The molecule has 0 aliphatic heterocycles. The topological polar surface area (TPSA) is 235 Å². The molecule has 6 rings (SSSR count). The highest BCUT2D eigenvalue weighted by molar-refractivity contribution is 7.86. The van der Waals surface area contributed by atoms with Crippen molar-refractivity contribution >= 4 is 60.8 Å². The Kier molecular flexibility index (Phi) is 17.0. The van der Waals surface area contributed by atoms with Gasteiger partial charge in [0.2, 0.25) is 11.9 Å². The lowest BCUT2D eigenvalue weighted by Crippen LogP contribution is -2.25. The lowest BCUT2D eigenvalue weighted by molar-refractivity contribution is 0.0980. The predicted molar refractivity (Wildman–Crippen MR) is 217 cm³/mol. The average molecular weight is 794 g/mol. The molecule has 0 radical (unpaired) electrons. The van der Waals surface area contributed by atoms with Crippen LogP contribution in [0.4, 0.5) is 29.0 Å². The largest absolute Gasteiger partial charge is 0.397 e. The Labute approximate surface area is 322 Å². The van der Waals surface area contributed by atoms with E-state index >= 15 is 0 Å². The molecule has 15 nitrogen and oxygen atoms in total. The molecule has 294 valence electrons. The lowest BCUT2D eigenvalue weighted by atomic mass is 9.82. The summed E-state index contributed by atoms with van der Waals surface area (Å²) in [4.78, 5) is 40.3.